The molecule has 5 rings (SSSR count). The number of aromatic nitrogens is 5. The van der Waals surface area contributed by atoms with Crippen LogP contribution >= 0.6 is 11.6 Å². The first-order chi connectivity index (χ1) is 16.2. The third-order valence-electron chi connectivity index (χ3n) is 6.39. The second-order valence-corrected chi connectivity index (χ2v) is 10.8. The maximum Gasteiger partial charge on any atom is 0.410 e. The molecule has 3 aromatic rings. The van der Waals surface area contributed by atoms with Crippen LogP contribution in [0.4, 0.5) is 10.6 Å². The van der Waals surface area contributed by atoms with Crippen molar-refractivity contribution >= 4 is 29.2 Å². The zero-order valence-corrected chi connectivity index (χ0v) is 21.0. The molecule has 3 aromatic heterocycles. The molecule has 0 spiro atoms. The lowest BCUT2D eigenvalue weighted by Gasteiger charge is -2.34. The van der Waals surface area contributed by atoms with Crippen LogP contribution in [0.1, 0.15) is 52.1 Å². The second-order valence-electron chi connectivity index (χ2n) is 10.4. The van der Waals surface area contributed by atoms with Crippen LogP contribution in [-0.4, -0.2) is 59.9 Å². The predicted molar refractivity (Wildman–Crippen MR) is 131 cm³/mol. The number of aryl methyl sites for hydroxylation is 1. The number of carbonyl (C=O) groups is 1. The Morgan fingerprint density at radius 3 is 2.82 bits per heavy atom. The van der Waals surface area contributed by atoms with Crippen LogP contribution in [0, 0.1) is 5.92 Å². The summed E-state index contributed by atoms with van der Waals surface area (Å²) >= 11 is 6.82. The van der Waals surface area contributed by atoms with Crippen LogP contribution in [0.15, 0.2) is 18.6 Å². The molecule has 1 aliphatic heterocycles. The number of piperidine rings is 1. The van der Waals surface area contributed by atoms with E-state index >= 15 is 0 Å². The molecule has 2 aliphatic rings. The summed E-state index contributed by atoms with van der Waals surface area (Å²) in [6, 6.07) is 0.0307. The molecular weight excluding hydrogens is 454 g/mol. The Labute approximate surface area is 204 Å². The number of nitrogens with one attached hydrogen (secondary N) is 1. The Morgan fingerprint density at radius 2 is 2.09 bits per heavy atom. The standard InChI is InChI=1S/C24H32ClN7O2/c1-24(2,3)34-23(33)31-10-5-6-16(14-31)28-21-22-26-9-11-32(22)20(25)19(29-21)17-13-27-30(4)18(17)12-15-7-8-15/h9,11,13,15-16H,5-8,10,12,14H2,1-4H3,(H,28,29)/t16-/m0/s1. The number of fused-ring (bicyclic) bond motifs is 1. The molecule has 182 valence electrons. The minimum absolute atomic E-state index is 0.0307. The third kappa shape index (κ3) is 4.71. The summed E-state index contributed by atoms with van der Waals surface area (Å²) < 4.78 is 9.36. The molecule has 1 amide bonds. The number of likely N-dealkylation sites (tertiary alicyclic amines) is 1. The zero-order chi connectivity index (χ0) is 24.0. The molecule has 1 aliphatic carbocycles. The van der Waals surface area contributed by atoms with Crippen LogP contribution in [-0.2, 0) is 18.2 Å². The van der Waals surface area contributed by atoms with Crippen molar-refractivity contribution in [2.45, 2.75) is 64.5 Å². The molecule has 4 heterocycles. The number of hydrogen-bond acceptors (Lipinski definition) is 6. The number of rotatable bonds is 5. The fraction of sp³-hybridized carbons (Fsp3) is 0.583. The van der Waals surface area contributed by atoms with E-state index in [0.717, 1.165) is 30.5 Å². The Hall–Kier alpha value is -2.81. The van der Waals surface area contributed by atoms with E-state index in [1.165, 1.54) is 12.8 Å². The summed E-state index contributed by atoms with van der Waals surface area (Å²) in [6.07, 6.45) is 10.4. The normalized spacial score (nSPS) is 19.0. The minimum atomic E-state index is -0.520. The van der Waals surface area contributed by atoms with Gasteiger partial charge in [-0.2, -0.15) is 5.10 Å². The monoisotopic (exact) mass is 485 g/mol. The molecule has 1 N–H and O–H groups in total. The van der Waals surface area contributed by atoms with Gasteiger partial charge in [0.2, 0.25) is 0 Å². The summed E-state index contributed by atoms with van der Waals surface area (Å²) in [7, 11) is 1.97. The van der Waals surface area contributed by atoms with Gasteiger partial charge in [0.25, 0.3) is 0 Å². The maximum absolute atomic E-state index is 12.6. The fourth-order valence-corrected chi connectivity index (χ4v) is 4.79. The number of ether oxygens (including phenoxy) is 1. The van der Waals surface area contributed by atoms with Gasteiger partial charge in [0.1, 0.15) is 16.4 Å². The Morgan fingerprint density at radius 1 is 1.29 bits per heavy atom. The van der Waals surface area contributed by atoms with E-state index in [4.69, 9.17) is 21.3 Å². The largest absolute Gasteiger partial charge is 0.444 e. The van der Waals surface area contributed by atoms with Gasteiger partial charge in [-0.1, -0.05) is 11.6 Å². The molecule has 34 heavy (non-hydrogen) atoms. The van der Waals surface area contributed by atoms with Crippen molar-refractivity contribution in [3.8, 4) is 11.3 Å². The Kier molecular flexibility index (Phi) is 5.91. The van der Waals surface area contributed by atoms with Gasteiger partial charge in [-0.05, 0) is 58.8 Å². The molecule has 0 unspecified atom stereocenters. The van der Waals surface area contributed by atoms with E-state index in [-0.39, 0.29) is 12.1 Å². The topological polar surface area (TPSA) is 89.6 Å². The molecule has 0 radical (unpaired) electrons. The SMILES string of the molecule is Cn1ncc(-c2nc(N[C@H]3CCCN(C(=O)OC(C)(C)C)C3)c3nccn3c2Cl)c1CC1CC1. The molecule has 10 heteroatoms. The van der Waals surface area contributed by atoms with Crippen LogP contribution in [0.2, 0.25) is 5.15 Å². The maximum atomic E-state index is 12.6. The quantitative estimate of drug-likeness (QED) is 0.570. The number of halogens is 1. The van der Waals surface area contributed by atoms with Crippen molar-refractivity contribution in [2.24, 2.45) is 13.0 Å². The summed E-state index contributed by atoms with van der Waals surface area (Å²) in [5.41, 5.74) is 2.94. The fourth-order valence-electron chi connectivity index (χ4n) is 4.51. The highest BCUT2D eigenvalue weighted by Crippen LogP contribution is 2.38. The van der Waals surface area contributed by atoms with Gasteiger partial charge in [-0.25, -0.2) is 14.8 Å². The van der Waals surface area contributed by atoms with Crippen LogP contribution in [0.25, 0.3) is 16.9 Å². The number of imidazole rings is 1. The average molecular weight is 486 g/mol. The van der Waals surface area contributed by atoms with E-state index in [9.17, 15) is 4.79 Å². The van der Waals surface area contributed by atoms with Crippen LogP contribution in [0.3, 0.4) is 0 Å². The van der Waals surface area contributed by atoms with Gasteiger partial charge in [-0.15, -0.1) is 0 Å². The minimum Gasteiger partial charge on any atom is -0.444 e. The van der Waals surface area contributed by atoms with Gasteiger partial charge < -0.3 is 15.0 Å². The highest BCUT2D eigenvalue weighted by Gasteiger charge is 2.30. The van der Waals surface area contributed by atoms with Crippen molar-refractivity contribution in [2.75, 3.05) is 18.4 Å². The zero-order valence-electron chi connectivity index (χ0n) is 20.2. The Bertz CT molecular complexity index is 1210. The molecule has 1 saturated carbocycles. The first-order valence-electron chi connectivity index (χ1n) is 12.0. The van der Waals surface area contributed by atoms with Crippen LogP contribution < -0.4 is 5.32 Å². The van der Waals surface area contributed by atoms with Crippen molar-refractivity contribution in [1.29, 1.82) is 0 Å². The van der Waals surface area contributed by atoms with Gasteiger partial charge in [0.05, 0.1) is 6.20 Å². The lowest BCUT2D eigenvalue weighted by molar-refractivity contribution is 0.0206. The van der Waals surface area contributed by atoms with E-state index in [1.54, 1.807) is 11.1 Å². The van der Waals surface area contributed by atoms with E-state index < -0.39 is 5.60 Å². The average Bonchev–Trinajstić information content (AvgIpc) is 3.32. The first kappa shape index (κ1) is 23.0. The molecule has 1 saturated heterocycles. The van der Waals surface area contributed by atoms with Gasteiger partial charge in [0, 0.05) is 49.8 Å². The van der Waals surface area contributed by atoms with Gasteiger partial charge in [0.15, 0.2) is 11.5 Å². The van der Waals surface area contributed by atoms with Gasteiger partial charge in [-0.3, -0.25) is 9.08 Å². The van der Waals surface area contributed by atoms with E-state index in [0.29, 0.717) is 41.3 Å². The highest BCUT2D eigenvalue weighted by molar-refractivity contribution is 6.32. The molecule has 2 fully saturated rings. The van der Waals surface area contributed by atoms with E-state index in [2.05, 4.69) is 15.4 Å². The number of hydrogen-bond donors (Lipinski definition) is 1. The summed E-state index contributed by atoms with van der Waals surface area (Å²) in [6.45, 7) is 6.88. The lowest BCUT2D eigenvalue weighted by Crippen LogP contribution is -2.47. The summed E-state index contributed by atoms with van der Waals surface area (Å²) in [5.74, 6) is 1.37. The molecule has 0 aromatic carbocycles. The smallest absolute Gasteiger partial charge is 0.410 e. The highest BCUT2D eigenvalue weighted by atomic mass is 35.5. The number of anilines is 1. The van der Waals surface area contributed by atoms with E-state index in [1.807, 2.05) is 49.3 Å². The molecule has 0 bridgehead atoms. The summed E-state index contributed by atoms with van der Waals surface area (Å²) in [5, 5.41) is 8.56. The Balaban J connectivity index is 1.44. The molecule has 1 atom stereocenters. The van der Waals surface area contributed by atoms with Crippen molar-refractivity contribution in [3.63, 3.8) is 0 Å². The number of carbonyl (C=O) groups excluding carboxylic acids is 1. The van der Waals surface area contributed by atoms with Crippen LogP contribution in [0.5, 0.6) is 0 Å². The van der Waals surface area contributed by atoms with Gasteiger partial charge >= 0.3 is 6.09 Å². The first-order valence-corrected chi connectivity index (χ1v) is 12.4. The number of amides is 1. The predicted octanol–water partition coefficient (Wildman–Crippen LogP) is 4.55. The molecule has 9 nitrogen and oxygen atoms in total. The molecular formula is C24H32ClN7O2. The lowest BCUT2D eigenvalue weighted by atomic mass is 10.1. The van der Waals surface area contributed by atoms with Crippen molar-refractivity contribution in [3.05, 3.63) is 29.4 Å². The summed E-state index contributed by atoms with van der Waals surface area (Å²) in [4.78, 5) is 23.8. The third-order valence-corrected chi connectivity index (χ3v) is 6.75. The second kappa shape index (κ2) is 8.76. The van der Waals surface area contributed by atoms with Crippen molar-refractivity contribution in [1.82, 2.24) is 29.0 Å². The van der Waals surface area contributed by atoms with Crippen molar-refractivity contribution < 1.29 is 9.53 Å². The number of nitrogens with zero attached hydrogens (tertiary/aromatic N) is 6.